The predicted molar refractivity (Wildman–Crippen MR) is 103 cm³/mol. The van der Waals surface area contributed by atoms with E-state index in [2.05, 4.69) is 31.2 Å². The molecule has 2 N–H and O–H groups in total. The number of fused-ring (bicyclic) bond motifs is 1. The molecule has 0 aliphatic rings. The number of rotatable bonds is 5. The van der Waals surface area contributed by atoms with Gasteiger partial charge in [0.1, 0.15) is 0 Å². The Kier molecular flexibility index (Phi) is 6.40. The number of carbonyl (C=O) groups is 1. The standard InChI is InChI=1S/C15H11BrN4O3S.ClH/c16-9-1-3-10(4-2-9)17-14(21)8-24-15-18-12-6-5-11(20(22)23)7-13(12)19-15;/h1-7H,8H2,(H,17,21)(H,18,19);1H. The van der Waals surface area contributed by atoms with Crippen LogP contribution in [0.15, 0.2) is 52.1 Å². The first kappa shape index (κ1) is 19.2. The zero-order valence-corrected chi connectivity index (χ0v) is 15.8. The quantitative estimate of drug-likeness (QED) is 0.346. The molecule has 0 fully saturated rings. The molecular formula is C15H12BrClN4O3S. The largest absolute Gasteiger partial charge is 0.333 e. The zero-order chi connectivity index (χ0) is 17.1. The lowest BCUT2D eigenvalue weighted by atomic mass is 10.3. The molecule has 2 aromatic carbocycles. The third kappa shape index (κ3) is 4.94. The van der Waals surface area contributed by atoms with Gasteiger partial charge in [-0.15, -0.1) is 12.4 Å². The molecule has 1 amide bonds. The summed E-state index contributed by atoms with van der Waals surface area (Å²) in [6.45, 7) is 0. The average Bonchev–Trinajstić information content (AvgIpc) is 2.97. The Morgan fingerprint density at radius 3 is 2.68 bits per heavy atom. The second kappa shape index (κ2) is 8.32. The van der Waals surface area contributed by atoms with Crippen molar-refractivity contribution in [2.24, 2.45) is 0 Å². The lowest BCUT2D eigenvalue weighted by molar-refractivity contribution is -0.384. The minimum atomic E-state index is -0.460. The summed E-state index contributed by atoms with van der Waals surface area (Å²) >= 11 is 4.57. The maximum Gasteiger partial charge on any atom is 0.271 e. The van der Waals surface area contributed by atoms with Crippen molar-refractivity contribution in [3.63, 3.8) is 0 Å². The Balaban J connectivity index is 0.00000225. The number of nitrogens with one attached hydrogen (secondary N) is 2. The van der Waals surface area contributed by atoms with Crippen molar-refractivity contribution in [3.05, 3.63) is 57.1 Å². The third-order valence-electron chi connectivity index (χ3n) is 3.12. The number of carbonyl (C=O) groups excluding carboxylic acids is 1. The van der Waals surface area contributed by atoms with Crippen LogP contribution in [0.1, 0.15) is 0 Å². The van der Waals surface area contributed by atoms with Crippen molar-refractivity contribution in [1.29, 1.82) is 0 Å². The monoisotopic (exact) mass is 442 g/mol. The highest BCUT2D eigenvalue weighted by Gasteiger charge is 2.11. The van der Waals surface area contributed by atoms with Gasteiger partial charge in [-0.05, 0) is 30.3 Å². The predicted octanol–water partition coefficient (Wildman–Crippen LogP) is 4.39. The zero-order valence-electron chi connectivity index (χ0n) is 12.6. The molecule has 3 aromatic rings. The first-order valence-corrected chi connectivity index (χ1v) is 8.61. The lowest BCUT2D eigenvalue weighted by Gasteiger charge is -2.04. The molecule has 0 radical (unpaired) electrons. The molecule has 0 bridgehead atoms. The fourth-order valence-corrected chi connectivity index (χ4v) is 2.97. The van der Waals surface area contributed by atoms with Crippen molar-refractivity contribution < 1.29 is 9.72 Å². The van der Waals surface area contributed by atoms with E-state index in [4.69, 9.17) is 0 Å². The smallest absolute Gasteiger partial charge is 0.271 e. The molecule has 0 atom stereocenters. The SMILES string of the molecule is Cl.O=C(CSc1nc2ccc([N+](=O)[O-])cc2[nH]1)Nc1ccc(Br)cc1. The normalized spacial score (nSPS) is 10.3. The van der Waals surface area contributed by atoms with Gasteiger partial charge >= 0.3 is 0 Å². The van der Waals surface area contributed by atoms with Gasteiger partial charge in [0, 0.05) is 22.3 Å². The third-order valence-corrected chi connectivity index (χ3v) is 4.52. The molecule has 10 heteroatoms. The number of H-pyrrole nitrogens is 1. The van der Waals surface area contributed by atoms with E-state index in [0.29, 0.717) is 21.9 Å². The number of nitro benzene ring substituents is 1. The Morgan fingerprint density at radius 1 is 1.28 bits per heavy atom. The van der Waals surface area contributed by atoms with Crippen LogP contribution >= 0.6 is 40.1 Å². The summed E-state index contributed by atoms with van der Waals surface area (Å²) in [6.07, 6.45) is 0. The number of hydrogen-bond donors (Lipinski definition) is 2. The van der Waals surface area contributed by atoms with Crippen LogP contribution in [0.2, 0.25) is 0 Å². The number of aromatic amines is 1. The van der Waals surface area contributed by atoms with Crippen LogP contribution in [0.4, 0.5) is 11.4 Å². The minimum absolute atomic E-state index is 0. The van der Waals surface area contributed by atoms with Gasteiger partial charge in [-0.25, -0.2) is 4.98 Å². The number of nitro groups is 1. The fraction of sp³-hybridized carbons (Fsp3) is 0.0667. The van der Waals surface area contributed by atoms with Crippen LogP contribution in [0, 0.1) is 10.1 Å². The topological polar surface area (TPSA) is 101 Å². The van der Waals surface area contributed by atoms with Gasteiger partial charge in [0.25, 0.3) is 5.69 Å². The summed E-state index contributed by atoms with van der Waals surface area (Å²) in [5.74, 6) is 0.0200. The molecule has 3 rings (SSSR count). The second-order valence-corrected chi connectivity index (χ2v) is 6.72. The Hall–Kier alpha value is -2.10. The molecule has 0 aliphatic heterocycles. The van der Waals surface area contributed by atoms with Crippen molar-refractivity contribution in [2.75, 3.05) is 11.1 Å². The number of nitrogens with zero attached hydrogens (tertiary/aromatic N) is 2. The van der Waals surface area contributed by atoms with Gasteiger partial charge in [0.2, 0.25) is 5.91 Å². The first-order valence-electron chi connectivity index (χ1n) is 6.83. The second-order valence-electron chi connectivity index (χ2n) is 4.84. The van der Waals surface area contributed by atoms with Gasteiger partial charge in [-0.3, -0.25) is 14.9 Å². The molecular weight excluding hydrogens is 432 g/mol. The number of amides is 1. The number of anilines is 1. The van der Waals surface area contributed by atoms with Gasteiger partial charge in [0.15, 0.2) is 5.16 Å². The molecule has 25 heavy (non-hydrogen) atoms. The highest BCUT2D eigenvalue weighted by Crippen LogP contribution is 2.23. The number of thioether (sulfide) groups is 1. The highest BCUT2D eigenvalue weighted by atomic mass is 79.9. The molecule has 130 valence electrons. The Bertz CT molecular complexity index is 917. The molecule has 0 spiro atoms. The summed E-state index contributed by atoms with van der Waals surface area (Å²) in [5, 5.41) is 14.1. The van der Waals surface area contributed by atoms with Gasteiger partial charge in [0.05, 0.1) is 21.7 Å². The number of halogens is 2. The number of imidazole rings is 1. The van der Waals surface area contributed by atoms with E-state index in [1.165, 1.54) is 23.9 Å². The minimum Gasteiger partial charge on any atom is -0.333 e. The lowest BCUT2D eigenvalue weighted by Crippen LogP contribution is -2.13. The van der Waals surface area contributed by atoms with Crippen molar-refractivity contribution >= 4 is 68.4 Å². The number of benzene rings is 2. The van der Waals surface area contributed by atoms with Crippen LogP contribution in [-0.4, -0.2) is 26.6 Å². The van der Waals surface area contributed by atoms with Crippen LogP contribution in [-0.2, 0) is 4.79 Å². The molecule has 7 nitrogen and oxygen atoms in total. The summed E-state index contributed by atoms with van der Waals surface area (Å²) in [6, 6.07) is 11.7. The maximum atomic E-state index is 12.0. The van der Waals surface area contributed by atoms with Gasteiger partial charge in [-0.2, -0.15) is 0 Å². The molecule has 0 saturated carbocycles. The van der Waals surface area contributed by atoms with E-state index in [1.54, 1.807) is 18.2 Å². The summed E-state index contributed by atoms with van der Waals surface area (Å²) in [5.41, 5.74) is 1.90. The van der Waals surface area contributed by atoms with Crippen molar-refractivity contribution in [3.8, 4) is 0 Å². The van der Waals surface area contributed by atoms with Crippen molar-refractivity contribution in [2.45, 2.75) is 5.16 Å². The fourth-order valence-electron chi connectivity index (χ4n) is 2.02. The van der Waals surface area contributed by atoms with E-state index in [1.807, 2.05) is 12.1 Å². The first-order chi connectivity index (χ1) is 11.5. The van der Waals surface area contributed by atoms with Gasteiger partial charge < -0.3 is 10.3 Å². The number of aromatic nitrogens is 2. The molecule has 0 unspecified atom stereocenters. The molecule has 1 heterocycles. The summed E-state index contributed by atoms with van der Waals surface area (Å²) < 4.78 is 0.936. The number of hydrogen-bond acceptors (Lipinski definition) is 5. The van der Waals surface area contributed by atoms with E-state index >= 15 is 0 Å². The van der Waals surface area contributed by atoms with E-state index in [-0.39, 0.29) is 29.8 Å². The molecule has 0 aliphatic carbocycles. The Labute approximate surface area is 161 Å². The van der Waals surface area contributed by atoms with Crippen LogP contribution < -0.4 is 5.32 Å². The summed E-state index contributed by atoms with van der Waals surface area (Å²) in [4.78, 5) is 29.5. The molecule has 0 saturated heterocycles. The van der Waals surface area contributed by atoms with Crippen LogP contribution in [0.25, 0.3) is 11.0 Å². The van der Waals surface area contributed by atoms with Crippen molar-refractivity contribution in [1.82, 2.24) is 9.97 Å². The highest BCUT2D eigenvalue weighted by molar-refractivity contribution is 9.10. The number of non-ortho nitro benzene ring substituents is 1. The summed E-state index contributed by atoms with van der Waals surface area (Å²) in [7, 11) is 0. The Morgan fingerprint density at radius 2 is 2.00 bits per heavy atom. The van der Waals surface area contributed by atoms with Crippen LogP contribution in [0.3, 0.4) is 0 Å². The molecule has 1 aromatic heterocycles. The van der Waals surface area contributed by atoms with E-state index in [9.17, 15) is 14.9 Å². The average molecular weight is 444 g/mol. The van der Waals surface area contributed by atoms with E-state index < -0.39 is 4.92 Å². The van der Waals surface area contributed by atoms with Gasteiger partial charge in [-0.1, -0.05) is 27.7 Å². The van der Waals surface area contributed by atoms with E-state index in [0.717, 1.165) is 4.47 Å². The maximum absolute atomic E-state index is 12.0. The van der Waals surface area contributed by atoms with Crippen LogP contribution in [0.5, 0.6) is 0 Å².